The fourth-order valence-electron chi connectivity index (χ4n) is 2.16. The number of alkyl halides is 3. The molecule has 0 bridgehead atoms. The molecule has 3 aromatic rings. The number of halogens is 4. The summed E-state index contributed by atoms with van der Waals surface area (Å²) in [7, 11) is 3.77. The van der Waals surface area contributed by atoms with Crippen molar-refractivity contribution < 1.29 is 33.0 Å². The zero-order valence-corrected chi connectivity index (χ0v) is 18.5. The molecule has 0 aliphatic heterocycles. The van der Waals surface area contributed by atoms with Crippen molar-refractivity contribution in [3.8, 4) is 0 Å². The third-order valence-electron chi connectivity index (χ3n) is 3.52. The van der Waals surface area contributed by atoms with Gasteiger partial charge in [-0.3, -0.25) is 0 Å². The van der Waals surface area contributed by atoms with Gasteiger partial charge in [-0.15, -0.1) is 11.3 Å². The lowest BCUT2D eigenvalue weighted by atomic mass is 10.3. The second-order valence-corrected chi connectivity index (χ2v) is 8.38. The molecule has 0 radical (unpaired) electrons. The summed E-state index contributed by atoms with van der Waals surface area (Å²) in [6.45, 7) is 2.01. The minimum atomic E-state index is -5.08. The summed E-state index contributed by atoms with van der Waals surface area (Å²) in [5.74, 6) is -3.10. The number of rotatable bonds is 5. The van der Waals surface area contributed by atoms with Gasteiger partial charge in [0.2, 0.25) is 0 Å². The van der Waals surface area contributed by atoms with E-state index in [1.165, 1.54) is 28.5 Å². The molecule has 3 heterocycles. The van der Waals surface area contributed by atoms with Gasteiger partial charge in [0.05, 0.1) is 10.4 Å². The molecule has 15 heteroatoms. The average Bonchev–Trinajstić information content (AvgIpc) is 3.25. The molecule has 9 nitrogen and oxygen atoms in total. The number of thiazole rings is 1. The Bertz CT molecular complexity index is 1120. The molecule has 3 N–H and O–H groups in total. The third-order valence-corrected chi connectivity index (χ3v) is 5.74. The number of hydrogen-bond donors (Lipinski definition) is 3. The molecule has 168 valence electrons. The predicted octanol–water partition coefficient (Wildman–Crippen LogP) is 4.18. The Morgan fingerprint density at radius 3 is 2.32 bits per heavy atom. The highest BCUT2D eigenvalue weighted by atomic mass is 35.5. The van der Waals surface area contributed by atoms with Crippen LogP contribution in [0.2, 0.25) is 5.02 Å². The van der Waals surface area contributed by atoms with Crippen LogP contribution in [0.4, 0.5) is 19.0 Å². The van der Waals surface area contributed by atoms with E-state index >= 15 is 0 Å². The van der Waals surface area contributed by atoms with Crippen molar-refractivity contribution >= 4 is 63.5 Å². The van der Waals surface area contributed by atoms with Gasteiger partial charge >= 0.3 is 18.1 Å². The Hall–Kier alpha value is -2.58. The second kappa shape index (κ2) is 9.70. The summed E-state index contributed by atoms with van der Waals surface area (Å²) in [5.41, 5.74) is 1.59. The Labute approximate surface area is 186 Å². The molecule has 0 saturated heterocycles. The summed E-state index contributed by atoms with van der Waals surface area (Å²) in [6, 6.07) is 0. The summed E-state index contributed by atoms with van der Waals surface area (Å²) in [6.07, 6.45) is -4.32. The summed E-state index contributed by atoms with van der Waals surface area (Å²) >= 11 is 8.91. The van der Waals surface area contributed by atoms with E-state index in [2.05, 4.69) is 19.9 Å². The van der Waals surface area contributed by atoms with Gasteiger partial charge in [0.1, 0.15) is 11.5 Å². The number of fused-ring (bicyclic) bond motifs is 1. The van der Waals surface area contributed by atoms with Crippen LogP contribution >= 0.6 is 34.7 Å². The number of H-pyrrole nitrogens is 1. The number of nitrogens with one attached hydrogen (secondary N) is 1. The molecule has 0 unspecified atom stereocenters. The SMILES string of the molecule is CCc1[nH]c2nc(Sc3nc(C(=O)O)cs3)nc(N(C)C)c2c1Cl.O=C(O)C(F)(F)F. The molecule has 0 aromatic carbocycles. The van der Waals surface area contributed by atoms with Gasteiger partial charge in [0, 0.05) is 25.2 Å². The first-order valence-electron chi connectivity index (χ1n) is 8.27. The lowest BCUT2D eigenvalue weighted by molar-refractivity contribution is -0.192. The average molecular weight is 498 g/mol. The van der Waals surface area contributed by atoms with E-state index in [1.54, 1.807) is 0 Å². The van der Waals surface area contributed by atoms with Gasteiger partial charge < -0.3 is 20.1 Å². The number of anilines is 1. The maximum atomic E-state index is 10.9. The Kier molecular flexibility index (Phi) is 7.72. The van der Waals surface area contributed by atoms with E-state index < -0.39 is 18.1 Å². The molecule has 31 heavy (non-hydrogen) atoms. The van der Waals surface area contributed by atoms with Crippen molar-refractivity contribution in [3.05, 3.63) is 21.8 Å². The molecule has 0 spiro atoms. The van der Waals surface area contributed by atoms with Crippen LogP contribution in [0.1, 0.15) is 23.1 Å². The number of hydrogen-bond acceptors (Lipinski definition) is 8. The molecule has 0 aliphatic rings. The first-order chi connectivity index (χ1) is 14.3. The highest BCUT2D eigenvalue weighted by molar-refractivity contribution is 8.00. The smallest absolute Gasteiger partial charge is 0.476 e. The van der Waals surface area contributed by atoms with Crippen LogP contribution in [0.25, 0.3) is 11.0 Å². The highest BCUT2D eigenvalue weighted by Gasteiger charge is 2.38. The lowest BCUT2D eigenvalue weighted by Crippen LogP contribution is -2.21. The van der Waals surface area contributed by atoms with Gasteiger partial charge in [-0.1, -0.05) is 18.5 Å². The van der Waals surface area contributed by atoms with Crippen LogP contribution in [-0.2, 0) is 11.2 Å². The van der Waals surface area contributed by atoms with Crippen LogP contribution < -0.4 is 4.90 Å². The fourth-order valence-corrected chi connectivity index (χ4v) is 4.17. The van der Waals surface area contributed by atoms with E-state index in [1.807, 2.05) is 25.9 Å². The first-order valence-corrected chi connectivity index (χ1v) is 10.3. The minimum Gasteiger partial charge on any atom is -0.476 e. The number of aromatic carboxylic acids is 1. The summed E-state index contributed by atoms with van der Waals surface area (Å²) in [4.78, 5) is 38.0. The quantitative estimate of drug-likeness (QED) is 0.444. The third kappa shape index (κ3) is 5.98. The molecule has 0 amide bonds. The van der Waals surface area contributed by atoms with E-state index in [0.717, 1.165) is 17.5 Å². The fraction of sp³-hybridized carbons (Fsp3) is 0.312. The maximum absolute atomic E-state index is 10.9. The number of aliphatic carboxylic acids is 1. The van der Waals surface area contributed by atoms with Gasteiger partial charge in [-0.25, -0.2) is 24.5 Å². The highest BCUT2D eigenvalue weighted by Crippen LogP contribution is 2.36. The molecular formula is C16H15ClF3N5O4S2. The standard InChI is InChI=1S/C14H14ClN5O2S2.C2HF3O2/c1-4-6-9(15)8-10(16-6)18-13(19-11(8)20(2)3)24-14-17-7(5-23-14)12(21)22;3-2(4,5)1(6)7/h5H,4H2,1-3H3,(H,21,22)(H,16,18,19);(H,6,7). The van der Waals surface area contributed by atoms with Gasteiger partial charge in [0.25, 0.3) is 0 Å². The number of nitrogens with zero attached hydrogens (tertiary/aromatic N) is 4. The van der Waals surface area contributed by atoms with E-state index in [-0.39, 0.29) is 5.69 Å². The lowest BCUT2D eigenvalue weighted by Gasteiger charge is -2.13. The van der Waals surface area contributed by atoms with Gasteiger partial charge in [-0.2, -0.15) is 13.2 Å². The van der Waals surface area contributed by atoms with Crippen LogP contribution in [0.15, 0.2) is 14.9 Å². The molecular weight excluding hydrogens is 483 g/mol. The van der Waals surface area contributed by atoms with Crippen molar-refractivity contribution in [1.82, 2.24) is 19.9 Å². The zero-order valence-electron chi connectivity index (χ0n) is 16.1. The maximum Gasteiger partial charge on any atom is 0.490 e. The minimum absolute atomic E-state index is 0.0209. The summed E-state index contributed by atoms with van der Waals surface area (Å²) < 4.78 is 32.3. The number of aryl methyl sites for hydroxylation is 1. The number of carboxylic acids is 2. The number of carbonyl (C=O) groups is 2. The Morgan fingerprint density at radius 2 is 1.87 bits per heavy atom. The van der Waals surface area contributed by atoms with Crippen LogP contribution in [0, 0.1) is 0 Å². The molecule has 0 saturated carbocycles. The van der Waals surface area contributed by atoms with Crippen molar-refractivity contribution in [1.29, 1.82) is 0 Å². The first kappa shape index (κ1) is 24.7. The van der Waals surface area contributed by atoms with Crippen molar-refractivity contribution in [2.45, 2.75) is 29.0 Å². The number of aromatic amines is 1. The largest absolute Gasteiger partial charge is 0.490 e. The normalized spacial score (nSPS) is 11.2. The van der Waals surface area contributed by atoms with Crippen LogP contribution in [0.5, 0.6) is 0 Å². The monoisotopic (exact) mass is 497 g/mol. The Morgan fingerprint density at radius 1 is 1.26 bits per heavy atom. The van der Waals surface area contributed by atoms with Crippen molar-refractivity contribution in [2.24, 2.45) is 0 Å². The molecule has 0 aliphatic carbocycles. The topological polar surface area (TPSA) is 132 Å². The second-order valence-electron chi connectivity index (χ2n) is 5.93. The van der Waals surface area contributed by atoms with E-state index in [4.69, 9.17) is 26.6 Å². The van der Waals surface area contributed by atoms with Crippen LogP contribution in [0.3, 0.4) is 0 Å². The van der Waals surface area contributed by atoms with E-state index in [0.29, 0.717) is 26.0 Å². The number of aromatic nitrogens is 4. The van der Waals surface area contributed by atoms with Crippen molar-refractivity contribution in [2.75, 3.05) is 19.0 Å². The van der Waals surface area contributed by atoms with E-state index in [9.17, 15) is 18.0 Å². The summed E-state index contributed by atoms with van der Waals surface area (Å²) in [5, 5.41) is 19.5. The molecule has 3 aromatic heterocycles. The molecule has 3 rings (SSSR count). The van der Waals surface area contributed by atoms with Crippen LogP contribution in [-0.4, -0.2) is 62.4 Å². The molecule has 0 atom stereocenters. The van der Waals surface area contributed by atoms with Crippen molar-refractivity contribution in [3.63, 3.8) is 0 Å². The predicted molar refractivity (Wildman–Crippen MR) is 109 cm³/mol. The number of carboxylic acid groups (broad SMARTS) is 2. The van der Waals surface area contributed by atoms with Gasteiger partial charge in [0.15, 0.2) is 15.2 Å². The van der Waals surface area contributed by atoms with Gasteiger partial charge in [-0.05, 0) is 18.2 Å². The zero-order chi connectivity index (χ0) is 23.5. The molecule has 0 fully saturated rings. The Balaban J connectivity index is 0.000000423.